The van der Waals surface area contributed by atoms with Gasteiger partial charge >= 0.3 is 6.03 Å². The molecule has 0 aliphatic rings. The summed E-state index contributed by atoms with van der Waals surface area (Å²) in [6, 6.07) is 2.95. The van der Waals surface area contributed by atoms with E-state index in [0.717, 1.165) is 0 Å². The van der Waals surface area contributed by atoms with Crippen LogP contribution in [0.3, 0.4) is 0 Å². The van der Waals surface area contributed by atoms with Crippen LogP contribution < -0.4 is 5.32 Å². The Balaban J connectivity index is 1.88. The largest absolute Gasteiger partial charge is 0.364 e. The summed E-state index contributed by atoms with van der Waals surface area (Å²) >= 11 is 4.04. The summed E-state index contributed by atoms with van der Waals surface area (Å²) in [5, 5.41) is 6.26. The summed E-state index contributed by atoms with van der Waals surface area (Å²) in [6.45, 7) is 3.85. The number of anilines is 1. The molecule has 0 aliphatic heterocycles. The molecule has 0 saturated carbocycles. The number of amides is 2. The lowest BCUT2D eigenvalue weighted by Gasteiger charge is -2.13. The molecule has 116 valence electrons. The average molecular weight is 328 g/mol. The number of pyridine rings is 1. The molecule has 0 aromatic carbocycles. The third-order valence-corrected chi connectivity index (χ3v) is 3.25. The molecule has 0 fully saturated rings. The lowest BCUT2D eigenvalue weighted by atomic mass is 10.2. The number of carbonyl (C=O) groups is 1. The second-order valence-corrected chi connectivity index (χ2v) is 4.99. The molecular formula is C14H12N6O2S. The van der Waals surface area contributed by atoms with Gasteiger partial charge in [-0.2, -0.15) is 0 Å². The molecule has 1 N–H and O–H groups in total. The van der Waals surface area contributed by atoms with Crippen molar-refractivity contribution in [2.45, 2.75) is 0 Å². The Morgan fingerprint density at radius 2 is 2.26 bits per heavy atom. The third kappa shape index (κ3) is 3.29. The van der Waals surface area contributed by atoms with Gasteiger partial charge in [0.1, 0.15) is 17.6 Å². The summed E-state index contributed by atoms with van der Waals surface area (Å²) < 4.78 is 5.97. The molecule has 0 unspecified atom stereocenters. The Bertz CT molecular complexity index is 852. The van der Waals surface area contributed by atoms with Crippen LogP contribution in [-0.4, -0.2) is 37.0 Å². The van der Waals surface area contributed by atoms with Crippen LogP contribution in [0.4, 0.5) is 10.6 Å². The van der Waals surface area contributed by atoms with E-state index < -0.39 is 6.03 Å². The monoisotopic (exact) mass is 328 g/mol. The Morgan fingerprint density at radius 1 is 1.39 bits per heavy atom. The number of fused-ring (bicyclic) bond motifs is 1. The van der Waals surface area contributed by atoms with Gasteiger partial charge in [0.25, 0.3) is 0 Å². The molecule has 3 heterocycles. The molecule has 3 aromatic heterocycles. The van der Waals surface area contributed by atoms with Gasteiger partial charge in [-0.1, -0.05) is 24.0 Å². The lowest BCUT2D eigenvalue weighted by molar-refractivity contribution is 0.241. The van der Waals surface area contributed by atoms with Gasteiger partial charge in [0.05, 0.1) is 30.2 Å². The number of carbonyl (C=O) groups excluding carboxylic acids is 1. The van der Waals surface area contributed by atoms with E-state index in [1.807, 2.05) is 0 Å². The number of urea groups is 1. The van der Waals surface area contributed by atoms with Crippen molar-refractivity contribution in [2.24, 2.45) is 0 Å². The minimum Gasteiger partial charge on any atom is -0.364 e. The molecule has 8 nitrogen and oxygen atoms in total. The van der Waals surface area contributed by atoms with Crippen LogP contribution >= 0.6 is 12.8 Å². The predicted molar refractivity (Wildman–Crippen MR) is 87.7 cm³/mol. The summed E-state index contributed by atoms with van der Waals surface area (Å²) in [5.41, 5.74) is 2.29. The van der Waals surface area contributed by atoms with E-state index in [4.69, 9.17) is 4.52 Å². The van der Waals surface area contributed by atoms with Gasteiger partial charge in [0.2, 0.25) is 0 Å². The molecule has 0 atom stereocenters. The van der Waals surface area contributed by atoms with E-state index in [9.17, 15) is 4.79 Å². The highest BCUT2D eigenvalue weighted by Gasteiger charge is 2.11. The maximum absolute atomic E-state index is 11.9. The van der Waals surface area contributed by atoms with Gasteiger partial charge in [-0.15, -0.1) is 6.58 Å². The molecule has 9 heteroatoms. The van der Waals surface area contributed by atoms with Crippen molar-refractivity contribution in [2.75, 3.05) is 11.9 Å². The molecular weight excluding hydrogens is 316 g/mol. The smallest absolute Gasteiger partial charge is 0.333 e. The predicted octanol–water partition coefficient (Wildman–Crippen LogP) is 2.54. The van der Waals surface area contributed by atoms with E-state index in [2.05, 4.69) is 44.8 Å². The van der Waals surface area contributed by atoms with Crippen LogP contribution in [0.2, 0.25) is 0 Å². The molecule has 0 spiro atoms. The summed E-state index contributed by atoms with van der Waals surface area (Å²) in [7, 11) is 0. The molecule has 0 aliphatic carbocycles. The van der Waals surface area contributed by atoms with Gasteiger partial charge in [-0.25, -0.2) is 14.8 Å². The van der Waals surface area contributed by atoms with E-state index in [-0.39, 0.29) is 0 Å². The van der Waals surface area contributed by atoms with Gasteiger partial charge < -0.3 is 4.52 Å². The number of nitrogens with one attached hydrogen (secondary N) is 1. The van der Waals surface area contributed by atoms with Crippen molar-refractivity contribution in [3.8, 4) is 11.3 Å². The standard InChI is InChI=1S/C14H12N6O2S/c1-2-5-20(23)14(21)19-12-4-3-10-13(18-12)17-11(7-15-10)9-6-16-22-8-9/h2-4,6-8,23H,1,5H2,(H,17,18,19,21). The Kier molecular flexibility index (Phi) is 4.20. The highest BCUT2D eigenvalue weighted by Crippen LogP contribution is 2.18. The van der Waals surface area contributed by atoms with Crippen molar-refractivity contribution in [1.82, 2.24) is 24.4 Å². The van der Waals surface area contributed by atoms with Crippen LogP contribution in [-0.2, 0) is 0 Å². The zero-order valence-electron chi connectivity index (χ0n) is 11.9. The van der Waals surface area contributed by atoms with E-state index in [0.29, 0.717) is 34.8 Å². The summed E-state index contributed by atoms with van der Waals surface area (Å²) in [5.74, 6) is 0.349. The van der Waals surface area contributed by atoms with Crippen molar-refractivity contribution >= 4 is 35.8 Å². The van der Waals surface area contributed by atoms with Crippen LogP contribution in [0.1, 0.15) is 0 Å². The van der Waals surface area contributed by atoms with Crippen molar-refractivity contribution in [3.63, 3.8) is 0 Å². The molecule has 0 radical (unpaired) electrons. The first-order valence-corrected chi connectivity index (χ1v) is 6.99. The number of hydrogen-bond donors (Lipinski definition) is 2. The molecule has 23 heavy (non-hydrogen) atoms. The maximum Gasteiger partial charge on any atom is 0.333 e. The first-order chi connectivity index (χ1) is 11.2. The van der Waals surface area contributed by atoms with Gasteiger partial charge in [-0.3, -0.25) is 14.6 Å². The molecule has 2 amide bonds. The Morgan fingerprint density at radius 3 is 3.00 bits per heavy atom. The fourth-order valence-electron chi connectivity index (χ4n) is 1.82. The molecule has 3 rings (SSSR count). The van der Waals surface area contributed by atoms with Crippen LogP contribution in [0.15, 0.2) is 48.0 Å². The van der Waals surface area contributed by atoms with E-state index in [1.165, 1.54) is 16.8 Å². The SMILES string of the molecule is C=CCN(S)C(=O)Nc1ccc2ncc(-c3cnoc3)nc2n1. The zero-order chi connectivity index (χ0) is 16.2. The second kappa shape index (κ2) is 6.44. The van der Waals surface area contributed by atoms with Gasteiger partial charge in [0, 0.05) is 0 Å². The van der Waals surface area contributed by atoms with Gasteiger partial charge in [0.15, 0.2) is 5.65 Å². The average Bonchev–Trinajstić information content (AvgIpc) is 3.09. The van der Waals surface area contributed by atoms with Crippen LogP contribution in [0.5, 0.6) is 0 Å². The van der Waals surface area contributed by atoms with Crippen molar-refractivity contribution in [3.05, 3.63) is 43.4 Å². The lowest BCUT2D eigenvalue weighted by Crippen LogP contribution is -2.27. The zero-order valence-corrected chi connectivity index (χ0v) is 12.8. The highest BCUT2D eigenvalue weighted by atomic mass is 32.1. The summed E-state index contributed by atoms with van der Waals surface area (Å²) in [4.78, 5) is 24.8. The highest BCUT2D eigenvalue weighted by molar-refractivity contribution is 7.78. The molecule has 3 aromatic rings. The number of aromatic nitrogens is 4. The fraction of sp³-hybridized carbons (Fsp3) is 0.0714. The minimum absolute atomic E-state index is 0.306. The van der Waals surface area contributed by atoms with Crippen LogP contribution in [0, 0.1) is 0 Å². The molecule has 0 saturated heterocycles. The van der Waals surface area contributed by atoms with Crippen molar-refractivity contribution in [1.29, 1.82) is 0 Å². The van der Waals surface area contributed by atoms with Crippen molar-refractivity contribution < 1.29 is 9.32 Å². The fourth-order valence-corrected chi connectivity index (χ4v) is 1.98. The first-order valence-electron chi connectivity index (χ1n) is 6.59. The quantitative estimate of drug-likeness (QED) is 0.564. The topological polar surface area (TPSA) is 97.0 Å². The Hall–Kier alpha value is -2.94. The first kappa shape index (κ1) is 15.0. The molecule has 0 bridgehead atoms. The number of thiol groups is 1. The number of hydrogen-bond acceptors (Lipinski definition) is 7. The Labute approximate surface area is 136 Å². The van der Waals surface area contributed by atoms with Crippen LogP contribution in [0.25, 0.3) is 22.4 Å². The normalized spacial score (nSPS) is 10.5. The van der Waals surface area contributed by atoms with E-state index >= 15 is 0 Å². The van der Waals surface area contributed by atoms with E-state index in [1.54, 1.807) is 24.4 Å². The minimum atomic E-state index is -0.414. The second-order valence-electron chi connectivity index (χ2n) is 4.51. The number of rotatable bonds is 4. The number of nitrogens with zero attached hydrogens (tertiary/aromatic N) is 5. The maximum atomic E-state index is 11.9. The summed E-state index contributed by atoms with van der Waals surface area (Å²) in [6.07, 6.45) is 6.18. The van der Waals surface area contributed by atoms with Gasteiger partial charge in [-0.05, 0) is 12.1 Å². The third-order valence-electron chi connectivity index (χ3n) is 2.91.